The minimum absolute atomic E-state index is 0.0364. The first-order valence-electron chi connectivity index (χ1n) is 5.83. The second-order valence-corrected chi connectivity index (χ2v) is 6.79. The lowest BCUT2D eigenvalue weighted by Crippen LogP contribution is -2.15. The molecule has 0 atom stereocenters. The topological polar surface area (TPSA) is 85.4 Å². The minimum Gasteiger partial charge on any atom is -0.462 e. The number of carbonyl (C=O) groups is 1. The van der Waals surface area contributed by atoms with Gasteiger partial charge in [0.05, 0.1) is 17.1 Å². The van der Waals surface area contributed by atoms with Gasteiger partial charge in [-0.3, -0.25) is 4.72 Å². The lowest BCUT2D eigenvalue weighted by Gasteiger charge is -2.08. The van der Waals surface area contributed by atoms with Gasteiger partial charge in [0.2, 0.25) is 0 Å². The van der Waals surface area contributed by atoms with Crippen molar-refractivity contribution in [1.82, 2.24) is 4.98 Å². The molecule has 0 saturated carbocycles. The van der Waals surface area contributed by atoms with Crippen LogP contribution in [0.2, 0.25) is 5.15 Å². The third kappa shape index (κ3) is 3.72. The summed E-state index contributed by atoms with van der Waals surface area (Å²) in [5.74, 6) is -0.579. The van der Waals surface area contributed by atoms with E-state index >= 15 is 0 Å². The fourth-order valence-electron chi connectivity index (χ4n) is 1.49. The van der Waals surface area contributed by atoms with Crippen LogP contribution in [0.3, 0.4) is 0 Å². The molecule has 0 aliphatic carbocycles. The van der Waals surface area contributed by atoms with Crippen molar-refractivity contribution in [3.8, 4) is 0 Å². The van der Waals surface area contributed by atoms with E-state index in [1.165, 1.54) is 24.4 Å². The maximum absolute atomic E-state index is 12.2. The molecule has 0 saturated heterocycles. The maximum Gasteiger partial charge on any atom is 0.341 e. The van der Waals surface area contributed by atoms with Crippen LogP contribution in [0.25, 0.3) is 0 Å². The number of hydrogen-bond donors (Lipinski definition) is 1. The van der Waals surface area contributed by atoms with Crippen LogP contribution in [-0.2, 0) is 14.8 Å². The van der Waals surface area contributed by atoms with E-state index in [0.29, 0.717) is 0 Å². The Morgan fingerprint density at radius 2 is 2.24 bits per heavy atom. The second-order valence-electron chi connectivity index (χ2n) is 3.80. The first-order valence-corrected chi connectivity index (χ1v) is 8.57. The summed E-state index contributed by atoms with van der Waals surface area (Å²) < 4.78 is 31.7. The number of hydrogen-bond acceptors (Lipinski definition) is 6. The Morgan fingerprint density at radius 1 is 1.48 bits per heavy atom. The Hall–Kier alpha value is -1.64. The smallest absolute Gasteiger partial charge is 0.341 e. The van der Waals surface area contributed by atoms with Crippen LogP contribution < -0.4 is 4.72 Å². The number of ether oxygens (including phenoxy) is 1. The molecule has 2 aromatic heterocycles. The number of carbonyl (C=O) groups excluding carboxylic acids is 1. The normalized spacial score (nSPS) is 11.1. The van der Waals surface area contributed by atoms with Gasteiger partial charge in [0.25, 0.3) is 10.0 Å². The summed E-state index contributed by atoms with van der Waals surface area (Å²) in [7, 11) is -3.85. The molecule has 0 aliphatic rings. The standard InChI is InChI=1S/C12H11ClN2O4S2/c1-2-19-12(16)9-4-6-20-11(9)15-21(17,18)8-3-5-14-10(13)7-8/h3-7,15H,2H2,1H3. The molecule has 2 rings (SSSR count). The molecule has 0 spiro atoms. The SMILES string of the molecule is CCOC(=O)c1ccsc1NS(=O)(=O)c1ccnc(Cl)c1. The van der Waals surface area contributed by atoms with E-state index in [-0.39, 0.29) is 27.2 Å². The Labute approximate surface area is 130 Å². The van der Waals surface area contributed by atoms with Crippen LogP contribution in [0.4, 0.5) is 5.00 Å². The van der Waals surface area contributed by atoms with Gasteiger partial charge in [-0.1, -0.05) is 11.6 Å². The van der Waals surface area contributed by atoms with Gasteiger partial charge in [-0.05, 0) is 30.5 Å². The molecule has 0 fully saturated rings. The zero-order chi connectivity index (χ0) is 15.5. The van der Waals surface area contributed by atoms with Crippen molar-refractivity contribution in [1.29, 1.82) is 0 Å². The minimum atomic E-state index is -3.85. The highest BCUT2D eigenvalue weighted by Gasteiger charge is 2.21. The van der Waals surface area contributed by atoms with Crippen LogP contribution in [0, 0.1) is 0 Å². The number of anilines is 1. The van der Waals surface area contributed by atoms with Crippen molar-refractivity contribution in [2.75, 3.05) is 11.3 Å². The fraction of sp³-hybridized carbons (Fsp3) is 0.167. The number of nitrogens with zero attached hydrogens (tertiary/aromatic N) is 1. The largest absolute Gasteiger partial charge is 0.462 e. The molecule has 6 nitrogen and oxygen atoms in total. The van der Waals surface area contributed by atoms with Crippen molar-refractivity contribution in [2.45, 2.75) is 11.8 Å². The van der Waals surface area contributed by atoms with E-state index in [2.05, 4.69) is 9.71 Å². The van der Waals surface area contributed by atoms with Gasteiger partial charge < -0.3 is 4.74 Å². The zero-order valence-electron chi connectivity index (χ0n) is 10.9. The van der Waals surface area contributed by atoms with Gasteiger partial charge in [0.15, 0.2) is 0 Å². The first-order chi connectivity index (χ1) is 9.94. The average molecular weight is 347 g/mol. The fourth-order valence-corrected chi connectivity index (χ4v) is 3.85. The van der Waals surface area contributed by atoms with E-state index in [9.17, 15) is 13.2 Å². The Balaban J connectivity index is 2.30. The van der Waals surface area contributed by atoms with Crippen molar-refractivity contribution in [3.63, 3.8) is 0 Å². The van der Waals surface area contributed by atoms with Crippen molar-refractivity contribution in [3.05, 3.63) is 40.5 Å². The van der Waals surface area contributed by atoms with Crippen LogP contribution in [0.5, 0.6) is 0 Å². The molecule has 9 heteroatoms. The van der Waals surface area contributed by atoms with E-state index in [1.54, 1.807) is 12.3 Å². The molecule has 2 aromatic rings. The van der Waals surface area contributed by atoms with E-state index < -0.39 is 16.0 Å². The highest BCUT2D eigenvalue weighted by Crippen LogP contribution is 2.27. The molecular formula is C12H11ClN2O4S2. The summed E-state index contributed by atoms with van der Waals surface area (Å²) >= 11 is 6.77. The van der Waals surface area contributed by atoms with Crippen molar-refractivity contribution < 1.29 is 17.9 Å². The third-order valence-corrected chi connectivity index (χ3v) is 4.91. The summed E-state index contributed by atoms with van der Waals surface area (Å²) in [6.07, 6.45) is 1.29. The third-order valence-electron chi connectivity index (χ3n) is 2.40. The summed E-state index contributed by atoms with van der Waals surface area (Å²) in [4.78, 5) is 15.4. The molecule has 0 bridgehead atoms. The molecule has 0 aromatic carbocycles. The molecule has 0 amide bonds. The quantitative estimate of drug-likeness (QED) is 0.664. The average Bonchev–Trinajstić information content (AvgIpc) is 2.86. The molecule has 0 radical (unpaired) electrons. The van der Waals surface area contributed by atoms with E-state index in [4.69, 9.17) is 16.3 Å². The van der Waals surface area contributed by atoms with Gasteiger partial charge in [-0.2, -0.15) is 0 Å². The first kappa shape index (κ1) is 15.7. The van der Waals surface area contributed by atoms with E-state index in [1.807, 2.05) is 0 Å². The number of pyridine rings is 1. The van der Waals surface area contributed by atoms with Gasteiger partial charge in [-0.15, -0.1) is 11.3 Å². The second kappa shape index (κ2) is 6.42. The number of esters is 1. The predicted octanol–water partition coefficient (Wildman–Crippen LogP) is 2.77. The highest BCUT2D eigenvalue weighted by molar-refractivity contribution is 7.93. The van der Waals surface area contributed by atoms with Crippen LogP contribution >= 0.6 is 22.9 Å². The highest BCUT2D eigenvalue weighted by atomic mass is 35.5. The Kier molecular flexibility index (Phi) is 4.81. The van der Waals surface area contributed by atoms with Crippen LogP contribution in [0.15, 0.2) is 34.7 Å². The Bertz CT molecular complexity index is 758. The van der Waals surface area contributed by atoms with Crippen LogP contribution in [0.1, 0.15) is 17.3 Å². The number of nitrogens with one attached hydrogen (secondary N) is 1. The number of sulfonamides is 1. The molecule has 0 aliphatic heterocycles. The predicted molar refractivity (Wildman–Crippen MR) is 80.3 cm³/mol. The summed E-state index contributed by atoms with van der Waals surface area (Å²) in [6, 6.07) is 4.04. The molecule has 1 N–H and O–H groups in total. The lowest BCUT2D eigenvalue weighted by atomic mass is 10.3. The maximum atomic E-state index is 12.2. The number of rotatable bonds is 5. The summed E-state index contributed by atoms with van der Waals surface area (Å²) in [5.41, 5.74) is 0.172. The lowest BCUT2D eigenvalue weighted by molar-refractivity contribution is 0.0528. The molecule has 21 heavy (non-hydrogen) atoms. The summed E-state index contributed by atoms with van der Waals surface area (Å²) in [5, 5.41) is 1.86. The molecule has 112 valence electrons. The van der Waals surface area contributed by atoms with Gasteiger partial charge >= 0.3 is 5.97 Å². The van der Waals surface area contributed by atoms with E-state index in [0.717, 1.165) is 11.3 Å². The molecular weight excluding hydrogens is 336 g/mol. The number of halogens is 1. The van der Waals surface area contributed by atoms with Gasteiger partial charge in [0.1, 0.15) is 10.2 Å². The number of thiophene rings is 1. The van der Waals surface area contributed by atoms with Gasteiger partial charge in [0, 0.05) is 6.20 Å². The number of aromatic nitrogens is 1. The molecule has 0 unspecified atom stereocenters. The zero-order valence-corrected chi connectivity index (χ0v) is 13.3. The molecule has 2 heterocycles. The van der Waals surface area contributed by atoms with Gasteiger partial charge in [-0.25, -0.2) is 18.2 Å². The summed E-state index contributed by atoms with van der Waals surface area (Å²) in [6.45, 7) is 1.88. The monoisotopic (exact) mass is 346 g/mol. The Morgan fingerprint density at radius 3 is 2.90 bits per heavy atom. The van der Waals surface area contributed by atoms with Crippen molar-refractivity contribution >= 4 is 43.9 Å². The van der Waals surface area contributed by atoms with Crippen LogP contribution in [-0.4, -0.2) is 26.0 Å². The van der Waals surface area contributed by atoms with Crippen molar-refractivity contribution in [2.24, 2.45) is 0 Å².